The number of halogens is 1. The smallest absolute Gasteiger partial charge is 0.226 e. The highest BCUT2D eigenvalue weighted by atomic mass is 35.5. The van der Waals surface area contributed by atoms with Gasteiger partial charge in [-0.25, -0.2) is 0 Å². The van der Waals surface area contributed by atoms with Crippen molar-refractivity contribution >= 4 is 11.6 Å². The van der Waals surface area contributed by atoms with E-state index in [1.54, 1.807) is 6.07 Å². The summed E-state index contributed by atoms with van der Waals surface area (Å²) in [6.07, 6.45) is 0.973. The third-order valence-corrected chi connectivity index (χ3v) is 2.33. The monoisotopic (exact) mass is 207 g/mol. The normalized spacial score (nSPS) is 10.4. The lowest BCUT2D eigenvalue weighted by Gasteiger charge is -2.02. The van der Waals surface area contributed by atoms with Gasteiger partial charge in [-0.3, -0.25) is 0 Å². The van der Waals surface area contributed by atoms with Gasteiger partial charge in [0, 0.05) is 11.6 Å². The number of aryl methyl sites for hydroxylation is 1. The van der Waals surface area contributed by atoms with Crippen LogP contribution in [0.3, 0.4) is 0 Å². The maximum Gasteiger partial charge on any atom is 0.226 e. The Balaban J connectivity index is 2.50. The fraction of sp³-hybridized carbons (Fsp3) is 0.182. The number of rotatable bonds is 2. The second kappa shape index (κ2) is 3.84. The molecule has 2 rings (SSSR count). The van der Waals surface area contributed by atoms with E-state index in [2.05, 4.69) is 18.1 Å². The van der Waals surface area contributed by atoms with Crippen LogP contribution < -0.4 is 0 Å². The van der Waals surface area contributed by atoms with Crippen LogP contribution >= 0.6 is 11.6 Å². The molecule has 0 atom stereocenters. The van der Waals surface area contributed by atoms with Crippen molar-refractivity contribution in [3.05, 3.63) is 41.1 Å². The van der Waals surface area contributed by atoms with Gasteiger partial charge in [-0.2, -0.15) is 0 Å². The minimum absolute atomic E-state index is 0.325. The Hall–Kier alpha value is -1.28. The largest absolute Gasteiger partial charge is 0.344 e. The molecule has 0 unspecified atom stereocenters. The molecule has 2 aromatic rings. The van der Waals surface area contributed by atoms with Crippen LogP contribution in [0.25, 0.3) is 11.3 Å². The standard InChI is InChI=1S/C11H10ClNO/c1-2-8-5-3-4-6-9(8)10-7-11(12)14-13-10/h3-7H,2H2,1H3. The van der Waals surface area contributed by atoms with E-state index >= 15 is 0 Å². The van der Waals surface area contributed by atoms with Gasteiger partial charge in [-0.1, -0.05) is 36.3 Å². The third kappa shape index (κ3) is 1.66. The molecule has 3 heteroatoms. The van der Waals surface area contributed by atoms with Crippen molar-refractivity contribution in [2.75, 3.05) is 0 Å². The SMILES string of the molecule is CCc1ccccc1-c1cc(Cl)on1. The first-order valence-corrected chi connectivity index (χ1v) is 4.89. The molecule has 0 spiro atoms. The minimum Gasteiger partial charge on any atom is -0.344 e. The van der Waals surface area contributed by atoms with Crippen LogP contribution in [-0.2, 0) is 6.42 Å². The molecule has 1 heterocycles. The van der Waals surface area contributed by atoms with Gasteiger partial charge < -0.3 is 4.52 Å². The molecule has 1 aromatic heterocycles. The summed E-state index contributed by atoms with van der Waals surface area (Å²) in [5.41, 5.74) is 3.13. The Morgan fingerprint density at radius 1 is 1.36 bits per heavy atom. The molecule has 0 fully saturated rings. The summed E-state index contributed by atoms with van der Waals surface area (Å²) in [6, 6.07) is 9.84. The first kappa shape index (κ1) is 9.28. The Kier molecular flexibility index (Phi) is 2.55. The number of nitrogens with zero attached hydrogens (tertiary/aromatic N) is 1. The maximum atomic E-state index is 5.68. The molecule has 0 aliphatic heterocycles. The molecular formula is C11H10ClNO. The topological polar surface area (TPSA) is 26.0 Å². The van der Waals surface area contributed by atoms with Crippen LogP contribution in [0.1, 0.15) is 12.5 Å². The molecule has 0 saturated carbocycles. The lowest BCUT2D eigenvalue weighted by molar-refractivity contribution is 0.424. The van der Waals surface area contributed by atoms with Crippen LogP contribution in [0, 0.1) is 0 Å². The van der Waals surface area contributed by atoms with Crippen molar-refractivity contribution < 1.29 is 4.52 Å². The fourth-order valence-corrected chi connectivity index (χ4v) is 1.60. The highest BCUT2D eigenvalue weighted by Crippen LogP contribution is 2.25. The summed E-state index contributed by atoms with van der Waals surface area (Å²) >= 11 is 5.68. The summed E-state index contributed by atoms with van der Waals surface area (Å²) in [7, 11) is 0. The first-order chi connectivity index (χ1) is 6.81. The fourth-order valence-electron chi connectivity index (χ4n) is 1.46. The van der Waals surface area contributed by atoms with Crippen molar-refractivity contribution in [3.63, 3.8) is 0 Å². The zero-order valence-corrected chi connectivity index (χ0v) is 8.58. The van der Waals surface area contributed by atoms with Gasteiger partial charge in [0.05, 0.1) is 0 Å². The van der Waals surface area contributed by atoms with Crippen LogP contribution in [-0.4, -0.2) is 5.16 Å². The summed E-state index contributed by atoms with van der Waals surface area (Å²) in [5.74, 6) is 0. The molecule has 14 heavy (non-hydrogen) atoms. The molecule has 0 bridgehead atoms. The van der Waals surface area contributed by atoms with E-state index in [1.807, 2.05) is 18.2 Å². The predicted octanol–water partition coefficient (Wildman–Crippen LogP) is 3.56. The van der Waals surface area contributed by atoms with Crippen LogP contribution in [0.2, 0.25) is 5.22 Å². The van der Waals surface area contributed by atoms with Crippen molar-refractivity contribution in [2.45, 2.75) is 13.3 Å². The second-order valence-corrected chi connectivity index (χ2v) is 3.40. The van der Waals surface area contributed by atoms with Gasteiger partial charge in [-0.15, -0.1) is 0 Å². The number of aromatic nitrogens is 1. The summed E-state index contributed by atoms with van der Waals surface area (Å²) in [4.78, 5) is 0. The molecule has 0 aliphatic rings. The van der Waals surface area contributed by atoms with Gasteiger partial charge in [0.25, 0.3) is 0 Å². The number of hydrogen-bond donors (Lipinski definition) is 0. The third-order valence-electron chi connectivity index (χ3n) is 2.16. The van der Waals surface area contributed by atoms with E-state index in [9.17, 15) is 0 Å². The minimum atomic E-state index is 0.325. The van der Waals surface area contributed by atoms with Gasteiger partial charge >= 0.3 is 0 Å². The van der Waals surface area contributed by atoms with E-state index < -0.39 is 0 Å². The van der Waals surface area contributed by atoms with Crippen LogP contribution in [0.15, 0.2) is 34.9 Å². The Morgan fingerprint density at radius 3 is 2.79 bits per heavy atom. The maximum absolute atomic E-state index is 5.68. The molecule has 0 saturated heterocycles. The summed E-state index contributed by atoms with van der Waals surface area (Å²) in [5, 5.41) is 4.21. The molecule has 72 valence electrons. The van der Waals surface area contributed by atoms with E-state index in [-0.39, 0.29) is 0 Å². The summed E-state index contributed by atoms with van der Waals surface area (Å²) in [6.45, 7) is 2.11. The molecule has 0 radical (unpaired) electrons. The number of benzene rings is 1. The van der Waals surface area contributed by atoms with E-state index in [0.29, 0.717) is 5.22 Å². The second-order valence-electron chi connectivity index (χ2n) is 3.03. The van der Waals surface area contributed by atoms with Gasteiger partial charge in [0.1, 0.15) is 5.69 Å². The van der Waals surface area contributed by atoms with E-state index in [1.165, 1.54) is 5.56 Å². The van der Waals surface area contributed by atoms with Crippen LogP contribution in [0.4, 0.5) is 0 Å². The van der Waals surface area contributed by atoms with Crippen molar-refractivity contribution in [1.29, 1.82) is 0 Å². The van der Waals surface area contributed by atoms with E-state index in [4.69, 9.17) is 16.1 Å². The highest BCUT2D eigenvalue weighted by Gasteiger charge is 2.07. The van der Waals surface area contributed by atoms with E-state index in [0.717, 1.165) is 17.7 Å². The zero-order chi connectivity index (χ0) is 9.97. The summed E-state index contributed by atoms with van der Waals surface area (Å²) < 4.78 is 4.83. The first-order valence-electron chi connectivity index (χ1n) is 4.51. The molecule has 0 amide bonds. The average Bonchev–Trinajstić information content (AvgIpc) is 2.65. The van der Waals surface area contributed by atoms with Crippen molar-refractivity contribution in [3.8, 4) is 11.3 Å². The lowest BCUT2D eigenvalue weighted by atomic mass is 10.0. The van der Waals surface area contributed by atoms with Gasteiger partial charge in [0.2, 0.25) is 5.22 Å². The molecule has 0 aliphatic carbocycles. The molecule has 1 aromatic carbocycles. The predicted molar refractivity (Wildman–Crippen MR) is 56.3 cm³/mol. The lowest BCUT2D eigenvalue weighted by Crippen LogP contribution is -1.86. The average molecular weight is 208 g/mol. The zero-order valence-electron chi connectivity index (χ0n) is 7.83. The molecule has 2 nitrogen and oxygen atoms in total. The Morgan fingerprint density at radius 2 is 2.14 bits per heavy atom. The van der Waals surface area contributed by atoms with Gasteiger partial charge in [0.15, 0.2) is 0 Å². The quantitative estimate of drug-likeness (QED) is 0.753. The van der Waals surface area contributed by atoms with Crippen molar-refractivity contribution in [2.24, 2.45) is 0 Å². The van der Waals surface area contributed by atoms with Gasteiger partial charge in [-0.05, 0) is 23.6 Å². The highest BCUT2D eigenvalue weighted by molar-refractivity contribution is 6.29. The Bertz CT molecular complexity index is 436. The Labute approximate surface area is 87.5 Å². The van der Waals surface area contributed by atoms with Crippen LogP contribution in [0.5, 0.6) is 0 Å². The molecular weight excluding hydrogens is 198 g/mol. The molecule has 0 N–H and O–H groups in total. The number of hydrogen-bond acceptors (Lipinski definition) is 2. The van der Waals surface area contributed by atoms with Crippen molar-refractivity contribution in [1.82, 2.24) is 5.16 Å².